The van der Waals surface area contributed by atoms with Crippen LogP contribution in [0.4, 0.5) is 15.0 Å². The number of ether oxygens (including phenoxy) is 2. The van der Waals surface area contributed by atoms with E-state index in [1.165, 1.54) is 25.6 Å². The van der Waals surface area contributed by atoms with Crippen LogP contribution in [0.2, 0.25) is 0 Å². The van der Waals surface area contributed by atoms with Crippen LogP contribution >= 0.6 is 11.3 Å². The summed E-state index contributed by atoms with van der Waals surface area (Å²) in [4.78, 5) is 41.0. The molecule has 274 valence electrons. The van der Waals surface area contributed by atoms with Crippen molar-refractivity contribution >= 4 is 45.1 Å². The van der Waals surface area contributed by atoms with Crippen LogP contribution in [0.1, 0.15) is 29.2 Å². The van der Waals surface area contributed by atoms with Gasteiger partial charge in [0.05, 0.1) is 17.9 Å². The maximum Gasteiger partial charge on any atom is 0.410 e. The molecule has 1 fully saturated rings. The van der Waals surface area contributed by atoms with E-state index < -0.39 is 17.5 Å². The Bertz CT molecular complexity index is 2550. The van der Waals surface area contributed by atoms with Gasteiger partial charge in [-0.05, 0) is 42.8 Å². The molecule has 14 heteroatoms. The van der Waals surface area contributed by atoms with E-state index in [2.05, 4.69) is 20.9 Å². The summed E-state index contributed by atoms with van der Waals surface area (Å²) < 4.78 is 33.4. The molecular weight excluding hydrogens is 710 g/mol. The molecule has 0 bridgehead atoms. The molecule has 1 amide bonds. The monoisotopic (exact) mass is 745 g/mol. The molecule has 0 radical (unpaired) electrons. The minimum absolute atomic E-state index is 0.171. The van der Waals surface area contributed by atoms with Gasteiger partial charge < -0.3 is 24.5 Å². The lowest BCUT2D eigenvalue weighted by Crippen LogP contribution is -2.48. The normalized spacial score (nSPS) is 14.1. The average molecular weight is 746 g/mol. The molecule has 1 unspecified atom stereocenters. The van der Waals surface area contributed by atoms with Crippen LogP contribution in [0, 0.1) is 5.82 Å². The Kier molecular flexibility index (Phi) is 9.52. The minimum Gasteiger partial charge on any atom is -0.497 e. The predicted molar refractivity (Wildman–Crippen MR) is 205 cm³/mol. The van der Waals surface area contributed by atoms with Gasteiger partial charge in [0.2, 0.25) is 0 Å². The number of aromatic nitrogens is 4. The van der Waals surface area contributed by atoms with Crippen molar-refractivity contribution in [1.82, 2.24) is 29.5 Å². The average Bonchev–Trinajstić information content (AvgIpc) is 3.83. The number of thiophene rings is 1. The summed E-state index contributed by atoms with van der Waals surface area (Å²) in [5.41, 5.74) is 8.80. The van der Waals surface area contributed by atoms with Crippen molar-refractivity contribution in [2.75, 3.05) is 39.0 Å². The van der Waals surface area contributed by atoms with Gasteiger partial charge in [-0.3, -0.25) is 4.90 Å². The number of piperazine rings is 1. The van der Waals surface area contributed by atoms with Gasteiger partial charge in [-0.15, -0.1) is 11.3 Å². The summed E-state index contributed by atoms with van der Waals surface area (Å²) in [7, 11) is 1.46. The zero-order valence-electron chi connectivity index (χ0n) is 29.6. The van der Waals surface area contributed by atoms with E-state index in [0.29, 0.717) is 71.9 Å². The van der Waals surface area contributed by atoms with E-state index >= 15 is 0 Å². The van der Waals surface area contributed by atoms with E-state index in [0.717, 1.165) is 26.3 Å². The highest BCUT2D eigenvalue weighted by Gasteiger charge is 2.28. The zero-order chi connectivity index (χ0) is 37.3. The molecule has 8 rings (SSSR count). The van der Waals surface area contributed by atoms with E-state index in [-0.39, 0.29) is 18.5 Å². The Morgan fingerprint density at radius 1 is 0.981 bits per heavy atom. The summed E-state index contributed by atoms with van der Waals surface area (Å²) in [6, 6.07) is 24.8. The first-order valence-corrected chi connectivity index (χ1v) is 18.3. The lowest BCUT2D eigenvalue weighted by molar-refractivity contribution is 0.0703. The summed E-state index contributed by atoms with van der Waals surface area (Å²) in [5.74, 6) is 0.370. The molecule has 0 spiro atoms. The smallest absolute Gasteiger partial charge is 0.410 e. The molecule has 1 aliphatic rings. The highest BCUT2D eigenvalue weighted by molar-refractivity contribution is 7.15. The van der Waals surface area contributed by atoms with E-state index in [4.69, 9.17) is 24.7 Å². The summed E-state index contributed by atoms with van der Waals surface area (Å²) in [6.07, 6.45) is 1.03. The SMILES string of the molecule is COc1cc(F)cc(-c2nn(C(C)c3oc(=O)c4ccccc4c3-c3ccc(CN4CCN(C(=O)OCc5ccccc5)CC4)s3)c3ncnc(N)c23)c1. The van der Waals surface area contributed by atoms with Crippen LogP contribution in [0.15, 0.2) is 100 Å². The molecule has 2 N–H and O–H groups in total. The number of nitrogens with zero attached hydrogens (tertiary/aromatic N) is 6. The second kappa shape index (κ2) is 14.7. The van der Waals surface area contributed by atoms with Gasteiger partial charge in [0.15, 0.2) is 5.65 Å². The van der Waals surface area contributed by atoms with Gasteiger partial charge in [0, 0.05) is 65.1 Å². The van der Waals surface area contributed by atoms with Gasteiger partial charge in [-0.25, -0.2) is 28.6 Å². The number of hydrogen-bond donors (Lipinski definition) is 1. The van der Waals surface area contributed by atoms with Crippen molar-refractivity contribution in [3.05, 3.63) is 124 Å². The number of benzene rings is 3. The molecule has 0 saturated carbocycles. The molecule has 1 saturated heterocycles. The largest absolute Gasteiger partial charge is 0.497 e. The Labute approximate surface area is 313 Å². The first-order chi connectivity index (χ1) is 26.3. The van der Waals surface area contributed by atoms with E-state index in [9.17, 15) is 14.0 Å². The Morgan fingerprint density at radius 3 is 2.52 bits per heavy atom. The van der Waals surface area contributed by atoms with Crippen molar-refractivity contribution in [2.24, 2.45) is 0 Å². The Morgan fingerprint density at radius 2 is 1.74 bits per heavy atom. The molecule has 7 aromatic rings. The number of amides is 1. The fourth-order valence-corrected chi connectivity index (χ4v) is 7.99. The lowest BCUT2D eigenvalue weighted by atomic mass is 10.0. The highest BCUT2D eigenvalue weighted by Crippen LogP contribution is 2.41. The molecule has 54 heavy (non-hydrogen) atoms. The quantitative estimate of drug-likeness (QED) is 0.162. The maximum absolute atomic E-state index is 14.7. The molecule has 5 heterocycles. The lowest BCUT2D eigenvalue weighted by Gasteiger charge is -2.33. The molecule has 3 aromatic carbocycles. The second-order valence-corrected chi connectivity index (χ2v) is 14.2. The highest BCUT2D eigenvalue weighted by atomic mass is 32.1. The topological polar surface area (TPSA) is 142 Å². The van der Waals surface area contributed by atoms with Crippen molar-refractivity contribution in [3.63, 3.8) is 0 Å². The minimum atomic E-state index is -0.654. The molecule has 12 nitrogen and oxygen atoms in total. The van der Waals surface area contributed by atoms with Gasteiger partial charge in [-0.1, -0.05) is 48.5 Å². The van der Waals surface area contributed by atoms with Crippen LogP contribution in [0.25, 0.3) is 43.5 Å². The zero-order valence-corrected chi connectivity index (χ0v) is 30.4. The first kappa shape index (κ1) is 34.9. The van der Waals surface area contributed by atoms with Crippen LogP contribution in [0.5, 0.6) is 5.75 Å². The van der Waals surface area contributed by atoms with Crippen molar-refractivity contribution in [3.8, 4) is 27.4 Å². The van der Waals surface area contributed by atoms with Crippen LogP contribution in [0.3, 0.4) is 0 Å². The predicted octanol–water partition coefficient (Wildman–Crippen LogP) is 7.12. The Balaban J connectivity index is 1.09. The fourth-order valence-electron chi connectivity index (χ4n) is 6.88. The Hall–Kier alpha value is -6.12. The van der Waals surface area contributed by atoms with Gasteiger partial charge in [0.25, 0.3) is 0 Å². The molecule has 0 aliphatic carbocycles. The van der Waals surface area contributed by atoms with Crippen LogP contribution in [-0.4, -0.2) is 68.9 Å². The second-order valence-electron chi connectivity index (χ2n) is 13.1. The van der Waals surface area contributed by atoms with Crippen LogP contribution in [-0.2, 0) is 17.9 Å². The number of anilines is 1. The van der Waals surface area contributed by atoms with Gasteiger partial charge in [0.1, 0.15) is 47.8 Å². The molecule has 1 atom stereocenters. The number of methoxy groups -OCH3 is 1. The number of carbonyl (C=O) groups is 1. The summed E-state index contributed by atoms with van der Waals surface area (Å²) in [6.45, 7) is 5.35. The van der Waals surface area contributed by atoms with Crippen molar-refractivity contribution in [1.29, 1.82) is 0 Å². The number of fused-ring (bicyclic) bond motifs is 2. The number of rotatable bonds is 9. The first-order valence-electron chi connectivity index (χ1n) is 17.4. The van der Waals surface area contributed by atoms with Gasteiger partial charge in [-0.2, -0.15) is 5.10 Å². The van der Waals surface area contributed by atoms with Crippen molar-refractivity contribution < 1.29 is 23.1 Å². The summed E-state index contributed by atoms with van der Waals surface area (Å²) in [5, 5.41) is 6.53. The number of nitrogen functional groups attached to an aromatic ring is 1. The van der Waals surface area contributed by atoms with Crippen LogP contribution < -0.4 is 16.1 Å². The molecular formula is C40H36FN7O5S. The number of carbonyl (C=O) groups excluding carboxylic acids is 1. The number of hydrogen-bond acceptors (Lipinski definition) is 11. The number of nitrogens with two attached hydrogens (primary N) is 1. The third-order valence-electron chi connectivity index (χ3n) is 9.63. The van der Waals surface area contributed by atoms with E-state index in [1.807, 2.05) is 61.5 Å². The van der Waals surface area contributed by atoms with Crippen molar-refractivity contribution in [2.45, 2.75) is 26.1 Å². The maximum atomic E-state index is 14.7. The fraction of sp³-hybridized carbons (Fsp3) is 0.225. The third kappa shape index (κ3) is 6.76. The van der Waals surface area contributed by atoms with E-state index in [1.54, 1.807) is 33.1 Å². The molecule has 1 aliphatic heterocycles. The number of halogens is 1. The standard InChI is InChI=1S/C40H36FN7O5S/c1-24(48-38-34(37(42)43-23-44-38)35(45-48)26-18-27(41)20-28(19-26)51-2)36-33(30-10-6-7-11-31(30)39(49)53-36)32-13-12-29(54-32)21-46-14-16-47(17-15-46)40(50)52-22-25-8-4-3-5-9-25/h3-13,18-20,23-24H,14-17,21-22H2,1-2H3,(H2,42,43,44). The third-order valence-corrected chi connectivity index (χ3v) is 10.7. The van der Waals surface area contributed by atoms with Gasteiger partial charge >= 0.3 is 11.7 Å². The summed E-state index contributed by atoms with van der Waals surface area (Å²) >= 11 is 1.61. The molecule has 4 aromatic heterocycles.